The van der Waals surface area contributed by atoms with Crippen LogP contribution in [0.25, 0.3) is 0 Å². The zero-order valence-electron chi connectivity index (χ0n) is 12.9. The Balaban J connectivity index is 2.08. The molecule has 0 N–H and O–H groups in total. The molecule has 0 spiro atoms. The molecule has 0 atom stereocenters. The lowest BCUT2D eigenvalue weighted by Crippen LogP contribution is -2.23. The van der Waals surface area contributed by atoms with Crippen molar-refractivity contribution in [1.29, 1.82) is 0 Å². The normalized spacial score (nSPS) is 11.0. The third-order valence-electron chi connectivity index (χ3n) is 2.95. The number of ether oxygens (including phenoxy) is 3. The minimum atomic E-state index is 0.677. The van der Waals surface area contributed by atoms with Crippen LogP contribution < -0.4 is 4.74 Å². The summed E-state index contributed by atoms with van der Waals surface area (Å²) in [6.45, 7) is 6.86. The van der Waals surface area contributed by atoms with E-state index >= 15 is 0 Å². The number of hydrogen-bond acceptors (Lipinski definition) is 4. The first-order chi connectivity index (χ1) is 9.76. The number of nitrogens with zero attached hydrogens (tertiary/aromatic N) is 1. The van der Waals surface area contributed by atoms with Crippen LogP contribution in [0, 0.1) is 0 Å². The lowest BCUT2D eigenvalue weighted by molar-refractivity contribution is 0.0405. The van der Waals surface area contributed by atoms with E-state index in [0.29, 0.717) is 13.2 Å². The Morgan fingerprint density at radius 2 is 1.60 bits per heavy atom. The quantitative estimate of drug-likeness (QED) is 0.583. The van der Waals surface area contributed by atoms with Crippen molar-refractivity contribution < 1.29 is 14.2 Å². The van der Waals surface area contributed by atoms with Crippen molar-refractivity contribution >= 4 is 0 Å². The van der Waals surface area contributed by atoms with Gasteiger partial charge in [-0.05, 0) is 31.2 Å². The molecule has 0 aliphatic carbocycles. The Labute approximate surface area is 122 Å². The summed E-state index contributed by atoms with van der Waals surface area (Å²) in [4.78, 5) is 2.24. The van der Waals surface area contributed by atoms with Crippen LogP contribution in [0.15, 0.2) is 24.3 Å². The first-order valence-corrected chi connectivity index (χ1v) is 7.23. The minimum absolute atomic E-state index is 0.677. The monoisotopic (exact) mass is 281 g/mol. The average Bonchev–Trinajstić information content (AvgIpc) is 2.47. The van der Waals surface area contributed by atoms with Crippen molar-refractivity contribution in [3.05, 3.63) is 29.8 Å². The second kappa shape index (κ2) is 10.7. The molecule has 0 unspecified atom stereocenters. The summed E-state index contributed by atoms with van der Waals surface area (Å²) in [7, 11) is 3.78. The standard InChI is InChI=1S/C16H27NO3/c1-4-10-19-12-13-20-11-9-17(2)14-15-5-7-16(18-3)8-6-15/h5-8H,4,9-14H2,1-3H3. The summed E-state index contributed by atoms with van der Waals surface area (Å²) >= 11 is 0. The SMILES string of the molecule is CCCOCCOCCN(C)Cc1ccc(OC)cc1. The van der Waals surface area contributed by atoms with Crippen LogP contribution in [0.4, 0.5) is 0 Å². The lowest BCUT2D eigenvalue weighted by atomic mass is 10.2. The highest BCUT2D eigenvalue weighted by Crippen LogP contribution is 2.12. The number of benzene rings is 1. The molecule has 0 amide bonds. The molecule has 4 nitrogen and oxygen atoms in total. The fraction of sp³-hybridized carbons (Fsp3) is 0.625. The minimum Gasteiger partial charge on any atom is -0.497 e. The molecule has 0 radical (unpaired) electrons. The Morgan fingerprint density at radius 1 is 0.950 bits per heavy atom. The maximum absolute atomic E-state index is 5.54. The van der Waals surface area contributed by atoms with Gasteiger partial charge in [-0.2, -0.15) is 0 Å². The van der Waals surface area contributed by atoms with E-state index in [4.69, 9.17) is 14.2 Å². The van der Waals surface area contributed by atoms with Crippen molar-refractivity contribution in [2.45, 2.75) is 19.9 Å². The van der Waals surface area contributed by atoms with Crippen molar-refractivity contribution in [2.75, 3.05) is 47.1 Å². The van der Waals surface area contributed by atoms with Crippen LogP contribution in [0.5, 0.6) is 5.75 Å². The molecule has 0 fully saturated rings. The van der Waals surface area contributed by atoms with Crippen LogP contribution in [-0.2, 0) is 16.0 Å². The Kier molecular flexibility index (Phi) is 9.04. The van der Waals surface area contributed by atoms with Gasteiger partial charge >= 0.3 is 0 Å². The van der Waals surface area contributed by atoms with Crippen molar-refractivity contribution in [2.24, 2.45) is 0 Å². The first kappa shape index (κ1) is 17.0. The van der Waals surface area contributed by atoms with E-state index in [2.05, 4.69) is 31.0 Å². The molecule has 1 aromatic rings. The lowest BCUT2D eigenvalue weighted by Gasteiger charge is -2.17. The van der Waals surface area contributed by atoms with Gasteiger partial charge in [0.2, 0.25) is 0 Å². The maximum atomic E-state index is 5.54. The van der Waals surface area contributed by atoms with Crippen LogP contribution >= 0.6 is 0 Å². The molecule has 0 aromatic heterocycles. The molecule has 114 valence electrons. The van der Waals surface area contributed by atoms with Crippen molar-refractivity contribution in [1.82, 2.24) is 4.90 Å². The molecule has 0 saturated carbocycles. The van der Waals surface area contributed by atoms with Crippen molar-refractivity contribution in [3.63, 3.8) is 0 Å². The molecular formula is C16H27NO3. The second-order valence-corrected chi connectivity index (χ2v) is 4.81. The molecule has 0 heterocycles. The fourth-order valence-electron chi connectivity index (χ4n) is 1.81. The van der Waals surface area contributed by atoms with Gasteiger partial charge in [0.05, 0.1) is 26.9 Å². The summed E-state index contributed by atoms with van der Waals surface area (Å²) in [6, 6.07) is 8.17. The summed E-state index contributed by atoms with van der Waals surface area (Å²) < 4.78 is 16.0. The molecule has 0 saturated heterocycles. The van der Waals surface area contributed by atoms with Gasteiger partial charge in [0, 0.05) is 19.7 Å². The van der Waals surface area contributed by atoms with E-state index in [1.54, 1.807) is 7.11 Å². The summed E-state index contributed by atoms with van der Waals surface area (Å²) in [5.41, 5.74) is 1.28. The number of likely N-dealkylation sites (N-methyl/N-ethyl adjacent to an activating group) is 1. The van der Waals surface area contributed by atoms with Gasteiger partial charge in [0.15, 0.2) is 0 Å². The van der Waals surface area contributed by atoms with E-state index in [-0.39, 0.29) is 0 Å². The molecule has 1 rings (SSSR count). The topological polar surface area (TPSA) is 30.9 Å². The summed E-state index contributed by atoms with van der Waals surface area (Å²) in [5.74, 6) is 0.895. The molecule has 0 aliphatic heterocycles. The molecule has 0 bridgehead atoms. The second-order valence-electron chi connectivity index (χ2n) is 4.81. The summed E-state index contributed by atoms with van der Waals surface area (Å²) in [5, 5.41) is 0. The number of rotatable bonds is 11. The molecular weight excluding hydrogens is 254 g/mol. The highest BCUT2D eigenvalue weighted by molar-refractivity contribution is 5.26. The van der Waals surface area contributed by atoms with Gasteiger partial charge in [-0.25, -0.2) is 0 Å². The van der Waals surface area contributed by atoms with Gasteiger partial charge in [-0.1, -0.05) is 19.1 Å². The van der Waals surface area contributed by atoms with Gasteiger partial charge in [0.25, 0.3) is 0 Å². The molecule has 0 aliphatic rings. The predicted molar refractivity (Wildman–Crippen MR) is 81.3 cm³/mol. The van der Waals surface area contributed by atoms with E-state index in [9.17, 15) is 0 Å². The van der Waals surface area contributed by atoms with Gasteiger partial charge < -0.3 is 14.2 Å². The summed E-state index contributed by atoms with van der Waals surface area (Å²) in [6.07, 6.45) is 1.06. The average molecular weight is 281 g/mol. The van der Waals surface area contributed by atoms with E-state index in [1.165, 1.54) is 5.56 Å². The van der Waals surface area contributed by atoms with Crippen LogP contribution in [-0.4, -0.2) is 52.0 Å². The van der Waals surface area contributed by atoms with Crippen LogP contribution in [0.2, 0.25) is 0 Å². The molecule has 4 heteroatoms. The maximum Gasteiger partial charge on any atom is 0.118 e. The Bertz CT molecular complexity index is 340. The Morgan fingerprint density at radius 3 is 2.20 bits per heavy atom. The van der Waals surface area contributed by atoms with Gasteiger partial charge in [-0.3, -0.25) is 4.90 Å². The third kappa shape index (κ3) is 7.48. The zero-order chi connectivity index (χ0) is 14.6. The van der Waals surface area contributed by atoms with E-state index in [0.717, 1.165) is 38.5 Å². The first-order valence-electron chi connectivity index (χ1n) is 7.23. The zero-order valence-corrected chi connectivity index (χ0v) is 12.9. The number of methoxy groups -OCH3 is 1. The van der Waals surface area contributed by atoms with E-state index in [1.807, 2.05) is 12.1 Å². The third-order valence-corrected chi connectivity index (χ3v) is 2.95. The number of hydrogen-bond donors (Lipinski definition) is 0. The van der Waals surface area contributed by atoms with Gasteiger partial charge in [0.1, 0.15) is 5.75 Å². The highest BCUT2D eigenvalue weighted by Gasteiger charge is 2.01. The van der Waals surface area contributed by atoms with Crippen LogP contribution in [0.3, 0.4) is 0 Å². The largest absolute Gasteiger partial charge is 0.497 e. The highest BCUT2D eigenvalue weighted by atomic mass is 16.5. The predicted octanol–water partition coefficient (Wildman–Crippen LogP) is 2.57. The smallest absolute Gasteiger partial charge is 0.118 e. The van der Waals surface area contributed by atoms with E-state index < -0.39 is 0 Å². The van der Waals surface area contributed by atoms with Crippen LogP contribution in [0.1, 0.15) is 18.9 Å². The van der Waals surface area contributed by atoms with Gasteiger partial charge in [-0.15, -0.1) is 0 Å². The van der Waals surface area contributed by atoms with Crippen molar-refractivity contribution in [3.8, 4) is 5.75 Å². The molecule has 1 aromatic carbocycles. The Hall–Kier alpha value is -1.10. The molecule has 20 heavy (non-hydrogen) atoms. The fourth-order valence-corrected chi connectivity index (χ4v) is 1.81.